The van der Waals surface area contributed by atoms with Crippen LogP contribution in [-0.2, 0) is 11.3 Å². The first-order valence-corrected chi connectivity index (χ1v) is 9.23. The minimum Gasteiger partial charge on any atom is -0.507 e. The van der Waals surface area contributed by atoms with Crippen molar-refractivity contribution in [2.45, 2.75) is 45.2 Å². The van der Waals surface area contributed by atoms with Gasteiger partial charge in [0.05, 0.1) is 5.56 Å². The molecule has 0 aliphatic carbocycles. The minimum atomic E-state index is -0.511. The number of aromatic nitrogens is 3. The molecule has 8 nitrogen and oxygen atoms in total. The first-order chi connectivity index (χ1) is 13.0. The van der Waals surface area contributed by atoms with Gasteiger partial charge in [-0.05, 0) is 25.0 Å². The van der Waals surface area contributed by atoms with Gasteiger partial charge < -0.3 is 19.9 Å². The molecule has 0 saturated carbocycles. The van der Waals surface area contributed by atoms with Gasteiger partial charge in [0.2, 0.25) is 5.91 Å². The maximum absolute atomic E-state index is 12.7. The SMILES string of the molecule is CC(C)c1nncn1CCNC(=O)C1CCCN1C(=O)c1ccccc1O. The zero-order valence-electron chi connectivity index (χ0n) is 15.6. The molecule has 3 rings (SSSR count). The average Bonchev–Trinajstić information content (AvgIpc) is 3.31. The Morgan fingerprint density at radius 2 is 2.11 bits per heavy atom. The van der Waals surface area contributed by atoms with Crippen molar-refractivity contribution >= 4 is 11.8 Å². The predicted octanol–water partition coefficient (Wildman–Crippen LogP) is 1.53. The molecule has 1 aromatic carbocycles. The number of carbonyl (C=O) groups excluding carboxylic acids is 2. The molecule has 0 radical (unpaired) electrons. The summed E-state index contributed by atoms with van der Waals surface area (Å²) in [4.78, 5) is 26.9. The van der Waals surface area contributed by atoms with E-state index in [0.29, 0.717) is 26.1 Å². The van der Waals surface area contributed by atoms with E-state index in [9.17, 15) is 14.7 Å². The lowest BCUT2D eigenvalue weighted by atomic mass is 10.1. The number of hydrogen-bond donors (Lipinski definition) is 2. The van der Waals surface area contributed by atoms with E-state index in [-0.39, 0.29) is 29.0 Å². The number of hydrogen-bond acceptors (Lipinski definition) is 5. The van der Waals surface area contributed by atoms with Crippen molar-refractivity contribution in [3.63, 3.8) is 0 Å². The van der Waals surface area contributed by atoms with Crippen LogP contribution in [0.15, 0.2) is 30.6 Å². The number of carbonyl (C=O) groups is 2. The minimum absolute atomic E-state index is 0.0672. The summed E-state index contributed by atoms with van der Waals surface area (Å²) in [5.74, 6) is 0.579. The van der Waals surface area contributed by atoms with E-state index >= 15 is 0 Å². The van der Waals surface area contributed by atoms with Crippen LogP contribution < -0.4 is 5.32 Å². The van der Waals surface area contributed by atoms with Gasteiger partial charge in [-0.2, -0.15) is 0 Å². The summed E-state index contributed by atoms with van der Waals surface area (Å²) in [6.07, 6.45) is 3.04. The third kappa shape index (κ3) is 4.10. The summed E-state index contributed by atoms with van der Waals surface area (Å²) in [7, 11) is 0. The van der Waals surface area contributed by atoms with Crippen molar-refractivity contribution in [1.29, 1.82) is 0 Å². The lowest BCUT2D eigenvalue weighted by molar-refractivity contribution is -0.124. The summed E-state index contributed by atoms with van der Waals surface area (Å²) < 4.78 is 1.92. The first kappa shape index (κ1) is 18.9. The van der Waals surface area contributed by atoms with Gasteiger partial charge in [0, 0.05) is 25.6 Å². The summed E-state index contributed by atoms with van der Waals surface area (Å²) >= 11 is 0. The normalized spacial score (nSPS) is 16.7. The number of nitrogens with zero attached hydrogens (tertiary/aromatic N) is 4. The van der Waals surface area contributed by atoms with Crippen LogP contribution in [0.4, 0.5) is 0 Å². The summed E-state index contributed by atoms with van der Waals surface area (Å²) in [6.45, 7) is 5.60. The van der Waals surface area contributed by atoms with Crippen molar-refractivity contribution in [3.8, 4) is 5.75 Å². The van der Waals surface area contributed by atoms with Crippen molar-refractivity contribution < 1.29 is 14.7 Å². The molecule has 1 aliphatic heterocycles. The van der Waals surface area contributed by atoms with Crippen molar-refractivity contribution in [2.75, 3.05) is 13.1 Å². The van der Waals surface area contributed by atoms with Crippen LogP contribution in [0.2, 0.25) is 0 Å². The zero-order chi connectivity index (χ0) is 19.4. The van der Waals surface area contributed by atoms with Crippen LogP contribution in [0.1, 0.15) is 48.8 Å². The van der Waals surface area contributed by atoms with E-state index in [1.165, 1.54) is 6.07 Å². The molecule has 0 spiro atoms. The Kier molecular flexibility index (Phi) is 5.73. The Bertz CT molecular complexity index is 817. The van der Waals surface area contributed by atoms with Crippen LogP contribution >= 0.6 is 0 Å². The monoisotopic (exact) mass is 371 g/mol. The van der Waals surface area contributed by atoms with Gasteiger partial charge in [0.15, 0.2) is 0 Å². The third-order valence-corrected chi connectivity index (χ3v) is 4.76. The highest BCUT2D eigenvalue weighted by molar-refractivity contribution is 5.99. The van der Waals surface area contributed by atoms with Gasteiger partial charge in [-0.1, -0.05) is 26.0 Å². The van der Waals surface area contributed by atoms with Crippen LogP contribution in [0, 0.1) is 0 Å². The zero-order valence-corrected chi connectivity index (χ0v) is 15.6. The topological polar surface area (TPSA) is 100 Å². The van der Waals surface area contributed by atoms with Gasteiger partial charge in [0.1, 0.15) is 23.9 Å². The smallest absolute Gasteiger partial charge is 0.258 e. The molecule has 1 unspecified atom stereocenters. The fourth-order valence-corrected chi connectivity index (χ4v) is 3.39. The predicted molar refractivity (Wildman–Crippen MR) is 99.3 cm³/mol. The molecule has 27 heavy (non-hydrogen) atoms. The number of rotatable bonds is 6. The largest absolute Gasteiger partial charge is 0.507 e. The quantitative estimate of drug-likeness (QED) is 0.802. The molecule has 2 aromatic rings. The van der Waals surface area contributed by atoms with Gasteiger partial charge in [0.25, 0.3) is 5.91 Å². The Balaban J connectivity index is 1.60. The number of likely N-dealkylation sites (tertiary alicyclic amines) is 1. The Morgan fingerprint density at radius 1 is 1.33 bits per heavy atom. The number of phenolic OH excluding ortho intramolecular Hbond substituents is 1. The lowest BCUT2D eigenvalue weighted by Crippen LogP contribution is -2.46. The van der Waals surface area contributed by atoms with Crippen LogP contribution in [0.25, 0.3) is 0 Å². The molecule has 1 aliphatic rings. The maximum atomic E-state index is 12.7. The van der Waals surface area contributed by atoms with E-state index in [1.807, 2.05) is 18.4 Å². The fraction of sp³-hybridized carbons (Fsp3) is 0.474. The maximum Gasteiger partial charge on any atom is 0.258 e. The van der Waals surface area contributed by atoms with Crippen LogP contribution in [-0.4, -0.2) is 55.7 Å². The van der Waals surface area contributed by atoms with E-state index in [4.69, 9.17) is 0 Å². The summed E-state index contributed by atoms with van der Waals surface area (Å²) in [5, 5.41) is 20.8. The Morgan fingerprint density at radius 3 is 2.85 bits per heavy atom. The second-order valence-corrected chi connectivity index (χ2v) is 7.00. The Hall–Kier alpha value is -2.90. The van der Waals surface area contributed by atoms with Gasteiger partial charge in [-0.3, -0.25) is 9.59 Å². The molecule has 2 heterocycles. The molecule has 2 N–H and O–H groups in total. The second kappa shape index (κ2) is 8.20. The number of amides is 2. The van der Waals surface area contributed by atoms with Gasteiger partial charge in [-0.15, -0.1) is 10.2 Å². The van der Waals surface area contributed by atoms with Crippen LogP contribution in [0.3, 0.4) is 0 Å². The second-order valence-electron chi connectivity index (χ2n) is 7.00. The molecular formula is C19H25N5O3. The van der Waals surface area contributed by atoms with Crippen molar-refractivity contribution in [3.05, 3.63) is 42.0 Å². The van der Waals surface area contributed by atoms with E-state index in [2.05, 4.69) is 15.5 Å². The fourth-order valence-electron chi connectivity index (χ4n) is 3.39. The lowest BCUT2D eigenvalue weighted by Gasteiger charge is -2.24. The molecular weight excluding hydrogens is 346 g/mol. The van der Waals surface area contributed by atoms with E-state index in [1.54, 1.807) is 29.4 Å². The van der Waals surface area contributed by atoms with Gasteiger partial charge >= 0.3 is 0 Å². The molecule has 1 aromatic heterocycles. The highest BCUT2D eigenvalue weighted by Crippen LogP contribution is 2.24. The third-order valence-electron chi connectivity index (χ3n) is 4.76. The number of phenols is 1. The van der Waals surface area contributed by atoms with Gasteiger partial charge in [-0.25, -0.2) is 0 Å². The molecule has 2 amide bonds. The molecule has 1 saturated heterocycles. The highest BCUT2D eigenvalue weighted by Gasteiger charge is 2.35. The van der Waals surface area contributed by atoms with Crippen LogP contribution in [0.5, 0.6) is 5.75 Å². The molecule has 0 bridgehead atoms. The molecule has 144 valence electrons. The average molecular weight is 371 g/mol. The summed E-state index contributed by atoms with van der Waals surface area (Å²) in [6, 6.07) is 5.90. The highest BCUT2D eigenvalue weighted by atomic mass is 16.3. The Labute approximate surface area is 158 Å². The summed E-state index contributed by atoms with van der Waals surface area (Å²) in [5.41, 5.74) is 0.225. The molecule has 8 heteroatoms. The number of nitrogens with one attached hydrogen (secondary N) is 1. The molecule has 1 atom stereocenters. The first-order valence-electron chi connectivity index (χ1n) is 9.23. The van der Waals surface area contributed by atoms with Crippen molar-refractivity contribution in [1.82, 2.24) is 25.0 Å². The van der Waals surface area contributed by atoms with E-state index < -0.39 is 6.04 Å². The van der Waals surface area contributed by atoms with Crippen molar-refractivity contribution in [2.24, 2.45) is 0 Å². The standard InChI is InChI=1S/C19H25N5O3/c1-13(2)17-22-21-12-23(17)11-9-20-18(26)15-7-5-10-24(15)19(27)14-6-3-4-8-16(14)25/h3-4,6,8,12-13,15,25H,5,7,9-11H2,1-2H3,(H,20,26). The number of para-hydroxylation sites is 1. The number of benzene rings is 1. The number of aromatic hydroxyl groups is 1. The van der Waals surface area contributed by atoms with E-state index in [0.717, 1.165) is 12.2 Å². The molecule has 1 fully saturated rings.